The Morgan fingerprint density at radius 3 is 2.12 bits per heavy atom. The third-order valence-electron chi connectivity index (χ3n) is 4.07. The molecule has 1 saturated heterocycles. The van der Waals surface area contributed by atoms with Crippen molar-refractivity contribution in [2.75, 3.05) is 0 Å². The molecule has 0 radical (unpaired) electrons. The van der Waals surface area contributed by atoms with E-state index in [-0.39, 0.29) is 12.8 Å². The molecule has 1 fully saturated rings. The molecule has 2 rings (SSSR count). The monoisotopic (exact) mass is 354 g/mol. The molecule has 1 aliphatic carbocycles. The number of cyclic esters (lactones) is 2. The number of carboxylic acids is 3. The summed E-state index contributed by atoms with van der Waals surface area (Å²) in [6.45, 7) is 4.49. The summed E-state index contributed by atoms with van der Waals surface area (Å²) in [7, 11) is 0. The van der Waals surface area contributed by atoms with Crippen LogP contribution in [-0.4, -0.2) is 45.2 Å². The number of hydrogen-bond acceptors (Lipinski definition) is 6. The molecule has 0 aromatic heterocycles. The third kappa shape index (κ3) is 5.00. The van der Waals surface area contributed by atoms with Crippen molar-refractivity contribution < 1.29 is 44.0 Å². The zero-order chi connectivity index (χ0) is 19.3. The van der Waals surface area contributed by atoms with E-state index in [4.69, 9.17) is 10.2 Å². The first-order valence-corrected chi connectivity index (χ1v) is 7.32. The predicted octanol–water partition coefficient (Wildman–Crippen LogP) is 0.701. The van der Waals surface area contributed by atoms with Crippen LogP contribution >= 0.6 is 0 Å². The first-order chi connectivity index (χ1) is 11.6. The van der Waals surface area contributed by atoms with Crippen LogP contribution in [0.2, 0.25) is 0 Å². The van der Waals surface area contributed by atoms with Crippen LogP contribution in [0.15, 0.2) is 24.3 Å². The number of esters is 2. The van der Waals surface area contributed by atoms with Crippen molar-refractivity contribution in [1.82, 2.24) is 0 Å². The minimum atomic E-state index is -1.22. The first-order valence-electron chi connectivity index (χ1n) is 7.32. The topological polar surface area (TPSA) is 155 Å². The van der Waals surface area contributed by atoms with Crippen molar-refractivity contribution in [1.29, 1.82) is 0 Å². The zero-order valence-corrected chi connectivity index (χ0v) is 13.4. The van der Waals surface area contributed by atoms with E-state index in [1.165, 1.54) is 6.92 Å². The van der Waals surface area contributed by atoms with E-state index in [9.17, 15) is 29.1 Å². The Balaban J connectivity index is 0.000000550. The summed E-state index contributed by atoms with van der Waals surface area (Å²) in [6.07, 6.45) is 2.34. The van der Waals surface area contributed by atoms with Gasteiger partial charge < -0.3 is 20.1 Å². The Kier molecular flexibility index (Phi) is 6.60. The van der Waals surface area contributed by atoms with Crippen LogP contribution in [0.4, 0.5) is 0 Å². The van der Waals surface area contributed by atoms with E-state index in [0.29, 0.717) is 5.57 Å². The van der Waals surface area contributed by atoms with Crippen LogP contribution in [0.3, 0.4) is 0 Å². The van der Waals surface area contributed by atoms with Gasteiger partial charge in [-0.1, -0.05) is 18.2 Å². The van der Waals surface area contributed by atoms with Gasteiger partial charge in [-0.2, -0.15) is 0 Å². The number of carbonyl (C=O) groups is 5. The molecule has 0 aromatic carbocycles. The Labute approximate surface area is 142 Å². The summed E-state index contributed by atoms with van der Waals surface area (Å²) < 4.78 is 4.46. The Hall–Kier alpha value is -2.97. The SMILES string of the molecule is C=CC(=O)O.CC1=CC(C2CC(=O)OC2=O)CC(C(=O)O)C1C(=O)O. The highest BCUT2D eigenvalue weighted by Gasteiger charge is 2.46. The fourth-order valence-corrected chi connectivity index (χ4v) is 2.97. The third-order valence-corrected chi connectivity index (χ3v) is 4.07. The second kappa shape index (κ2) is 8.22. The summed E-state index contributed by atoms with van der Waals surface area (Å²) in [5, 5.41) is 25.9. The highest BCUT2D eigenvalue weighted by atomic mass is 16.6. The molecule has 0 saturated carbocycles. The smallest absolute Gasteiger partial charge is 0.327 e. The highest BCUT2D eigenvalue weighted by molar-refractivity contribution is 5.95. The Morgan fingerprint density at radius 2 is 1.76 bits per heavy atom. The fraction of sp³-hybridized carbons (Fsp3) is 0.438. The Bertz CT molecular complexity index is 646. The summed E-state index contributed by atoms with van der Waals surface area (Å²) in [5.41, 5.74) is 0.397. The van der Waals surface area contributed by atoms with Gasteiger partial charge in [-0.3, -0.25) is 19.2 Å². The normalized spacial score (nSPS) is 28.1. The molecule has 4 atom stereocenters. The van der Waals surface area contributed by atoms with Gasteiger partial charge in [0.2, 0.25) is 0 Å². The number of allylic oxidation sites excluding steroid dienone is 1. The molecule has 0 spiro atoms. The van der Waals surface area contributed by atoms with Crippen LogP contribution in [-0.2, 0) is 28.7 Å². The van der Waals surface area contributed by atoms with Gasteiger partial charge in [-0.15, -0.1) is 0 Å². The van der Waals surface area contributed by atoms with Crippen molar-refractivity contribution in [3.8, 4) is 0 Å². The summed E-state index contributed by atoms with van der Waals surface area (Å²) in [6, 6.07) is 0. The predicted molar refractivity (Wildman–Crippen MR) is 81.2 cm³/mol. The van der Waals surface area contributed by atoms with Crippen LogP contribution in [0.5, 0.6) is 0 Å². The number of ether oxygens (including phenoxy) is 1. The van der Waals surface area contributed by atoms with Crippen LogP contribution < -0.4 is 0 Å². The first kappa shape index (κ1) is 20.1. The van der Waals surface area contributed by atoms with Crippen molar-refractivity contribution >= 4 is 29.8 Å². The van der Waals surface area contributed by atoms with E-state index in [1.54, 1.807) is 6.08 Å². The van der Waals surface area contributed by atoms with Gasteiger partial charge in [0.1, 0.15) is 0 Å². The van der Waals surface area contributed by atoms with E-state index >= 15 is 0 Å². The average Bonchev–Trinajstić information content (AvgIpc) is 2.85. The van der Waals surface area contributed by atoms with Gasteiger partial charge in [-0.25, -0.2) is 4.79 Å². The lowest BCUT2D eigenvalue weighted by Gasteiger charge is -2.31. The van der Waals surface area contributed by atoms with E-state index in [0.717, 1.165) is 6.08 Å². The lowest BCUT2D eigenvalue weighted by Crippen LogP contribution is -2.37. The van der Waals surface area contributed by atoms with Gasteiger partial charge in [0.25, 0.3) is 0 Å². The van der Waals surface area contributed by atoms with Crippen LogP contribution in [0.1, 0.15) is 19.8 Å². The minimum absolute atomic E-state index is 0.0106. The summed E-state index contributed by atoms with van der Waals surface area (Å²) in [5.74, 6) is -8.09. The van der Waals surface area contributed by atoms with Crippen LogP contribution in [0, 0.1) is 23.7 Å². The summed E-state index contributed by atoms with van der Waals surface area (Å²) in [4.78, 5) is 54.3. The van der Waals surface area contributed by atoms with E-state index < -0.39 is 53.5 Å². The molecule has 0 bridgehead atoms. The lowest BCUT2D eigenvalue weighted by atomic mass is 9.70. The van der Waals surface area contributed by atoms with E-state index in [1.807, 2.05) is 0 Å². The van der Waals surface area contributed by atoms with Gasteiger partial charge in [0, 0.05) is 6.08 Å². The maximum absolute atomic E-state index is 11.5. The molecule has 0 aromatic rings. The molecule has 3 N–H and O–H groups in total. The average molecular weight is 354 g/mol. The number of hydrogen-bond donors (Lipinski definition) is 3. The molecule has 0 amide bonds. The molecular formula is C16H18O9. The molecule has 25 heavy (non-hydrogen) atoms. The molecule has 9 heteroatoms. The zero-order valence-electron chi connectivity index (χ0n) is 13.4. The molecule has 136 valence electrons. The van der Waals surface area contributed by atoms with Crippen molar-refractivity contribution in [3.05, 3.63) is 24.3 Å². The second-order valence-corrected chi connectivity index (χ2v) is 5.72. The largest absolute Gasteiger partial charge is 0.481 e. The number of carboxylic acid groups (broad SMARTS) is 3. The molecule has 1 heterocycles. The maximum atomic E-state index is 11.5. The molecule has 1 aliphatic heterocycles. The van der Waals surface area contributed by atoms with Gasteiger partial charge in [0.15, 0.2) is 0 Å². The second-order valence-electron chi connectivity index (χ2n) is 5.72. The standard InChI is InChI=1S/C13H14O7.C3H4O2/c1-5-2-6(7-4-9(14)20-13(7)19)3-8(11(15)16)10(5)12(17)18;1-2-3(4)5/h2,6-8,10H,3-4H2,1H3,(H,15,16)(H,17,18);2H,1H2,(H,4,5). The molecule has 2 aliphatic rings. The molecule has 4 unspecified atom stereocenters. The highest BCUT2D eigenvalue weighted by Crippen LogP contribution is 2.40. The Morgan fingerprint density at radius 1 is 1.20 bits per heavy atom. The van der Waals surface area contributed by atoms with Crippen molar-refractivity contribution in [3.63, 3.8) is 0 Å². The summed E-state index contributed by atoms with van der Waals surface area (Å²) >= 11 is 0. The molecule has 9 nitrogen and oxygen atoms in total. The lowest BCUT2D eigenvalue weighted by molar-refractivity contribution is -0.155. The van der Waals surface area contributed by atoms with E-state index in [2.05, 4.69) is 11.3 Å². The van der Waals surface area contributed by atoms with Gasteiger partial charge in [-0.05, 0) is 19.3 Å². The van der Waals surface area contributed by atoms with Crippen molar-refractivity contribution in [2.24, 2.45) is 23.7 Å². The number of carbonyl (C=O) groups excluding carboxylic acids is 2. The quantitative estimate of drug-likeness (QED) is 0.286. The number of rotatable bonds is 4. The molecular weight excluding hydrogens is 336 g/mol. The number of aliphatic carboxylic acids is 3. The van der Waals surface area contributed by atoms with Gasteiger partial charge >= 0.3 is 29.8 Å². The maximum Gasteiger partial charge on any atom is 0.327 e. The minimum Gasteiger partial charge on any atom is -0.481 e. The van der Waals surface area contributed by atoms with Gasteiger partial charge in [0.05, 0.1) is 24.2 Å². The fourth-order valence-electron chi connectivity index (χ4n) is 2.97. The van der Waals surface area contributed by atoms with Crippen LogP contribution in [0.25, 0.3) is 0 Å². The van der Waals surface area contributed by atoms with Crippen molar-refractivity contribution in [2.45, 2.75) is 19.8 Å².